The van der Waals surface area contributed by atoms with E-state index in [1.54, 1.807) is 42.9 Å². The molecule has 0 amide bonds. The van der Waals surface area contributed by atoms with Crippen LogP contribution in [0.25, 0.3) is 0 Å². The molecule has 1 fully saturated rings. The topological polar surface area (TPSA) is 109 Å². The van der Waals surface area contributed by atoms with Crippen molar-refractivity contribution in [1.29, 1.82) is 0 Å². The van der Waals surface area contributed by atoms with Crippen LogP contribution in [0.3, 0.4) is 0 Å². The minimum Gasteiger partial charge on any atom is -0.465 e. The van der Waals surface area contributed by atoms with Gasteiger partial charge in [-0.25, -0.2) is 14.8 Å². The number of anilines is 4. The third-order valence-electron chi connectivity index (χ3n) is 4.55. The molecule has 10 nitrogen and oxygen atoms in total. The van der Waals surface area contributed by atoms with Crippen LogP contribution in [0.5, 0.6) is 0 Å². The number of ether oxygens (including phenoxy) is 1. The van der Waals surface area contributed by atoms with E-state index in [-0.39, 0.29) is 5.97 Å². The average Bonchev–Trinajstić information content (AvgIpc) is 2.80. The molecule has 0 aliphatic carbocycles. The van der Waals surface area contributed by atoms with Crippen LogP contribution in [0.4, 0.5) is 23.4 Å². The van der Waals surface area contributed by atoms with Crippen LogP contribution in [-0.4, -0.2) is 64.4 Å². The Bertz CT molecular complexity index is 959. The summed E-state index contributed by atoms with van der Waals surface area (Å²) < 4.78 is 4.70. The summed E-state index contributed by atoms with van der Waals surface area (Å²) in [6.45, 7) is 3.16. The van der Waals surface area contributed by atoms with Gasteiger partial charge in [-0.2, -0.15) is 10.1 Å². The fraction of sp³-hybridized carbons (Fsp3) is 0.263. The lowest BCUT2D eigenvalue weighted by atomic mass is 10.2. The smallest absolute Gasteiger partial charge is 0.337 e. The summed E-state index contributed by atoms with van der Waals surface area (Å²) in [5, 5.41) is 11.2. The molecule has 0 radical (unpaired) electrons. The van der Waals surface area contributed by atoms with Crippen molar-refractivity contribution in [3.05, 3.63) is 54.5 Å². The summed E-state index contributed by atoms with van der Waals surface area (Å²) in [5.74, 6) is 1.51. The summed E-state index contributed by atoms with van der Waals surface area (Å²) >= 11 is 0. The number of esters is 1. The number of hydrogen-bond acceptors (Lipinski definition) is 10. The van der Waals surface area contributed by atoms with E-state index in [4.69, 9.17) is 4.74 Å². The zero-order valence-electron chi connectivity index (χ0n) is 15.9. The summed E-state index contributed by atoms with van der Waals surface area (Å²) in [7, 11) is 1.35. The minimum atomic E-state index is -0.378. The first-order chi connectivity index (χ1) is 14.2. The molecular weight excluding hydrogens is 372 g/mol. The fourth-order valence-electron chi connectivity index (χ4n) is 3.03. The Hall–Kier alpha value is -3.82. The zero-order valence-corrected chi connectivity index (χ0v) is 15.9. The molecule has 1 N–H and O–H groups in total. The van der Waals surface area contributed by atoms with Crippen LogP contribution in [0.15, 0.2) is 48.9 Å². The van der Waals surface area contributed by atoms with Gasteiger partial charge in [0.1, 0.15) is 0 Å². The third kappa shape index (κ3) is 4.37. The van der Waals surface area contributed by atoms with Gasteiger partial charge in [0.15, 0.2) is 5.82 Å². The van der Waals surface area contributed by atoms with Gasteiger partial charge < -0.3 is 19.9 Å². The molecule has 3 aromatic rings. The summed E-state index contributed by atoms with van der Waals surface area (Å²) in [6, 6.07) is 8.69. The lowest BCUT2D eigenvalue weighted by Crippen LogP contribution is -2.47. The zero-order chi connectivity index (χ0) is 20.1. The predicted octanol–water partition coefficient (Wildman–Crippen LogP) is 1.52. The van der Waals surface area contributed by atoms with Gasteiger partial charge >= 0.3 is 5.97 Å². The fourth-order valence-corrected chi connectivity index (χ4v) is 3.03. The number of benzene rings is 1. The van der Waals surface area contributed by atoms with E-state index >= 15 is 0 Å². The molecule has 29 heavy (non-hydrogen) atoms. The SMILES string of the molecule is COC(=O)c1ccc(Nc2nncc(N3CCN(c4ncccn4)CC3)n2)cc1. The van der Waals surface area contributed by atoms with Crippen molar-refractivity contribution < 1.29 is 9.53 Å². The molecule has 0 unspecified atom stereocenters. The second kappa shape index (κ2) is 8.46. The Kier molecular flexibility index (Phi) is 5.41. The summed E-state index contributed by atoms with van der Waals surface area (Å²) in [5.41, 5.74) is 1.23. The Labute approximate surface area is 167 Å². The van der Waals surface area contributed by atoms with Crippen molar-refractivity contribution in [3.8, 4) is 0 Å². The first kappa shape index (κ1) is 18.5. The van der Waals surface area contributed by atoms with Crippen LogP contribution in [0.2, 0.25) is 0 Å². The highest BCUT2D eigenvalue weighted by Crippen LogP contribution is 2.18. The quantitative estimate of drug-likeness (QED) is 0.642. The molecule has 2 aromatic heterocycles. The van der Waals surface area contributed by atoms with E-state index in [1.165, 1.54) is 7.11 Å². The highest BCUT2D eigenvalue weighted by Gasteiger charge is 2.20. The number of nitrogens with zero attached hydrogens (tertiary/aromatic N) is 7. The largest absolute Gasteiger partial charge is 0.465 e. The van der Waals surface area contributed by atoms with Crippen molar-refractivity contribution in [2.75, 3.05) is 48.4 Å². The molecule has 0 atom stereocenters. The standard InChI is InChI=1S/C19H20N8O2/c1-29-17(28)14-3-5-15(6-4-14)23-18-24-16(13-22-25-18)26-9-11-27(12-10-26)19-20-7-2-8-21-19/h2-8,13H,9-12H2,1H3,(H,23,24,25). The van der Waals surface area contributed by atoms with E-state index in [1.807, 2.05) is 6.07 Å². The lowest BCUT2D eigenvalue weighted by Gasteiger charge is -2.35. The van der Waals surface area contributed by atoms with Gasteiger partial charge in [0.2, 0.25) is 11.9 Å². The molecule has 10 heteroatoms. The number of carbonyl (C=O) groups excluding carboxylic acids is 1. The van der Waals surface area contributed by atoms with E-state index in [0.29, 0.717) is 11.5 Å². The number of hydrogen-bond donors (Lipinski definition) is 1. The first-order valence-corrected chi connectivity index (χ1v) is 9.15. The molecule has 3 heterocycles. The first-order valence-electron chi connectivity index (χ1n) is 9.15. The second-order valence-electron chi connectivity index (χ2n) is 6.35. The van der Waals surface area contributed by atoms with Crippen molar-refractivity contribution in [3.63, 3.8) is 0 Å². The number of rotatable bonds is 5. The molecular formula is C19H20N8O2. The van der Waals surface area contributed by atoms with Crippen molar-refractivity contribution in [2.45, 2.75) is 0 Å². The maximum absolute atomic E-state index is 11.5. The summed E-state index contributed by atoms with van der Waals surface area (Å²) in [4.78, 5) is 29.0. The summed E-state index contributed by atoms with van der Waals surface area (Å²) in [6.07, 6.45) is 5.15. The molecule has 1 aliphatic heterocycles. The molecule has 1 aliphatic rings. The van der Waals surface area contributed by atoms with Gasteiger partial charge in [0.05, 0.1) is 18.9 Å². The highest BCUT2D eigenvalue weighted by molar-refractivity contribution is 5.89. The monoisotopic (exact) mass is 392 g/mol. The maximum atomic E-state index is 11.5. The van der Waals surface area contributed by atoms with Gasteiger partial charge in [-0.3, -0.25) is 0 Å². The lowest BCUT2D eigenvalue weighted by molar-refractivity contribution is 0.0601. The minimum absolute atomic E-state index is 0.378. The Morgan fingerprint density at radius 3 is 2.41 bits per heavy atom. The predicted molar refractivity (Wildman–Crippen MR) is 107 cm³/mol. The van der Waals surface area contributed by atoms with Crippen LogP contribution < -0.4 is 15.1 Å². The maximum Gasteiger partial charge on any atom is 0.337 e. The molecule has 1 aromatic carbocycles. The van der Waals surface area contributed by atoms with Gasteiger partial charge in [-0.1, -0.05) is 0 Å². The van der Waals surface area contributed by atoms with E-state index < -0.39 is 0 Å². The molecule has 4 rings (SSSR count). The Morgan fingerprint density at radius 1 is 1.03 bits per heavy atom. The Balaban J connectivity index is 1.39. The molecule has 1 saturated heterocycles. The molecule has 0 bridgehead atoms. The number of methoxy groups -OCH3 is 1. The van der Waals surface area contributed by atoms with Crippen LogP contribution in [0, 0.1) is 0 Å². The molecule has 0 spiro atoms. The van der Waals surface area contributed by atoms with Crippen molar-refractivity contribution in [1.82, 2.24) is 25.1 Å². The van der Waals surface area contributed by atoms with Crippen LogP contribution in [0.1, 0.15) is 10.4 Å². The van der Waals surface area contributed by atoms with Gasteiger partial charge in [-0.05, 0) is 30.3 Å². The van der Waals surface area contributed by atoms with Crippen molar-refractivity contribution >= 4 is 29.4 Å². The number of aromatic nitrogens is 5. The van der Waals surface area contributed by atoms with E-state index in [2.05, 4.69) is 40.3 Å². The van der Waals surface area contributed by atoms with Crippen LogP contribution in [-0.2, 0) is 4.74 Å². The van der Waals surface area contributed by atoms with Crippen molar-refractivity contribution in [2.24, 2.45) is 0 Å². The second-order valence-corrected chi connectivity index (χ2v) is 6.35. The Morgan fingerprint density at radius 2 is 1.72 bits per heavy atom. The van der Waals surface area contributed by atoms with E-state index in [0.717, 1.165) is 43.6 Å². The van der Waals surface area contributed by atoms with Gasteiger partial charge in [-0.15, -0.1) is 5.10 Å². The average molecular weight is 392 g/mol. The van der Waals surface area contributed by atoms with Crippen LogP contribution >= 0.6 is 0 Å². The van der Waals surface area contributed by atoms with E-state index in [9.17, 15) is 4.79 Å². The van der Waals surface area contributed by atoms with Gasteiger partial charge in [0.25, 0.3) is 0 Å². The number of carbonyl (C=O) groups is 1. The number of nitrogens with one attached hydrogen (secondary N) is 1. The van der Waals surface area contributed by atoms with Gasteiger partial charge in [0, 0.05) is 44.3 Å². The number of piperazine rings is 1. The normalized spacial score (nSPS) is 13.8. The molecule has 148 valence electrons. The molecule has 0 saturated carbocycles. The third-order valence-corrected chi connectivity index (χ3v) is 4.55. The highest BCUT2D eigenvalue weighted by atomic mass is 16.5.